The molecule has 5 nitrogen and oxygen atoms in total. The largest absolute Gasteiger partial charge is 0.384 e. The molecule has 0 spiro atoms. The Morgan fingerprint density at radius 2 is 2.31 bits per heavy atom. The van der Waals surface area contributed by atoms with Gasteiger partial charge in [-0.2, -0.15) is 0 Å². The third kappa shape index (κ3) is 3.32. The van der Waals surface area contributed by atoms with E-state index in [0.29, 0.717) is 29.1 Å². The summed E-state index contributed by atoms with van der Waals surface area (Å²) in [6.07, 6.45) is 0.594. The molecule has 0 saturated carbocycles. The van der Waals surface area contributed by atoms with Gasteiger partial charge in [0.2, 0.25) is 0 Å². The van der Waals surface area contributed by atoms with Crippen molar-refractivity contribution in [3.8, 4) is 0 Å². The fraction of sp³-hybridized carbons (Fsp3) is 0.300. The Hall–Kier alpha value is -1.40. The van der Waals surface area contributed by atoms with Gasteiger partial charge < -0.3 is 4.74 Å². The molecule has 0 amide bonds. The molecule has 0 fully saturated rings. The Morgan fingerprint density at radius 1 is 1.56 bits per heavy atom. The summed E-state index contributed by atoms with van der Waals surface area (Å²) in [6.45, 7) is 0.525. The molecule has 0 aliphatic rings. The van der Waals surface area contributed by atoms with Crippen molar-refractivity contribution in [1.29, 1.82) is 0 Å². The van der Waals surface area contributed by atoms with Crippen LogP contribution in [0, 0.1) is 10.1 Å². The van der Waals surface area contributed by atoms with Crippen LogP contribution in [0.15, 0.2) is 23.1 Å². The molecular formula is C10H11NO4S. The lowest BCUT2D eigenvalue weighted by Crippen LogP contribution is -1.96. The van der Waals surface area contributed by atoms with Crippen LogP contribution in [0.1, 0.15) is 10.4 Å². The maximum atomic E-state index is 10.8. The van der Waals surface area contributed by atoms with E-state index in [0.717, 1.165) is 0 Å². The Balaban J connectivity index is 2.89. The molecule has 0 aromatic heterocycles. The van der Waals surface area contributed by atoms with Crippen LogP contribution in [0.5, 0.6) is 0 Å². The number of aldehydes is 1. The van der Waals surface area contributed by atoms with Crippen LogP contribution >= 0.6 is 11.8 Å². The molecule has 6 heteroatoms. The van der Waals surface area contributed by atoms with E-state index in [9.17, 15) is 14.9 Å². The first kappa shape index (κ1) is 12.7. The van der Waals surface area contributed by atoms with E-state index in [4.69, 9.17) is 4.74 Å². The number of carbonyl (C=O) groups is 1. The third-order valence-electron chi connectivity index (χ3n) is 1.86. The lowest BCUT2D eigenvalue weighted by Gasteiger charge is -2.02. The molecule has 0 N–H and O–H groups in total. The minimum Gasteiger partial charge on any atom is -0.384 e. The zero-order chi connectivity index (χ0) is 12.0. The summed E-state index contributed by atoms with van der Waals surface area (Å²) in [6, 6.07) is 4.43. The molecule has 0 saturated heterocycles. The number of ether oxygens (including phenoxy) is 1. The number of carbonyl (C=O) groups excluding carboxylic acids is 1. The summed E-state index contributed by atoms with van der Waals surface area (Å²) in [7, 11) is 1.57. The zero-order valence-electron chi connectivity index (χ0n) is 8.71. The quantitative estimate of drug-likeness (QED) is 0.251. The van der Waals surface area contributed by atoms with Crippen LogP contribution in [-0.2, 0) is 4.74 Å². The number of methoxy groups -OCH3 is 1. The molecule has 0 atom stereocenters. The number of hydrogen-bond donors (Lipinski definition) is 0. The van der Waals surface area contributed by atoms with Gasteiger partial charge in [0.25, 0.3) is 5.69 Å². The molecule has 0 radical (unpaired) electrons. The number of nitrogens with zero attached hydrogens (tertiary/aromatic N) is 1. The molecule has 1 rings (SSSR count). The van der Waals surface area contributed by atoms with Crippen molar-refractivity contribution in [2.24, 2.45) is 0 Å². The molecule has 0 bridgehead atoms. The highest BCUT2D eigenvalue weighted by Crippen LogP contribution is 2.29. The molecule has 0 aliphatic heterocycles. The van der Waals surface area contributed by atoms with Gasteiger partial charge >= 0.3 is 0 Å². The van der Waals surface area contributed by atoms with Crippen molar-refractivity contribution in [3.05, 3.63) is 33.9 Å². The first-order valence-corrected chi connectivity index (χ1v) is 5.53. The summed E-state index contributed by atoms with van der Waals surface area (Å²) in [5.41, 5.74) is 0.272. The van der Waals surface area contributed by atoms with Crippen LogP contribution in [-0.4, -0.2) is 30.7 Å². The third-order valence-corrected chi connectivity index (χ3v) is 2.89. The zero-order valence-corrected chi connectivity index (χ0v) is 9.53. The average Bonchev–Trinajstić information content (AvgIpc) is 2.29. The number of nitro groups is 1. The van der Waals surface area contributed by atoms with Gasteiger partial charge in [0.15, 0.2) is 0 Å². The summed E-state index contributed by atoms with van der Waals surface area (Å²) in [5.74, 6) is 0.637. The summed E-state index contributed by atoms with van der Waals surface area (Å²) in [5, 5.41) is 10.8. The van der Waals surface area contributed by atoms with Crippen LogP contribution in [0.3, 0.4) is 0 Å². The van der Waals surface area contributed by atoms with Crippen molar-refractivity contribution in [2.75, 3.05) is 19.5 Å². The topological polar surface area (TPSA) is 69.4 Å². The Bertz CT molecular complexity index is 394. The second kappa shape index (κ2) is 6.24. The van der Waals surface area contributed by atoms with Gasteiger partial charge in [0.05, 0.1) is 16.4 Å². The first-order chi connectivity index (χ1) is 7.69. The van der Waals surface area contributed by atoms with Crippen molar-refractivity contribution in [1.82, 2.24) is 0 Å². The monoisotopic (exact) mass is 241 g/mol. The van der Waals surface area contributed by atoms with Gasteiger partial charge in [-0.25, -0.2) is 0 Å². The Labute approximate surface area is 96.9 Å². The summed E-state index contributed by atoms with van der Waals surface area (Å²) >= 11 is 1.34. The first-order valence-electron chi connectivity index (χ1n) is 4.54. The van der Waals surface area contributed by atoms with E-state index in [1.54, 1.807) is 19.2 Å². The SMILES string of the molecule is COCCSc1ccc(C=O)cc1[N+](=O)[O-]. The van der Waals surface area contributed by atoms with Gasteiger partial charge in [-0.3, -0.25) is 14.9 Å². The maximum Gasteiger partial charge on any atom is 0.283 e. The lowest BCUT2D eigenvalue weighted by molar-refractivity contribution is -0.387. The van der Waals surface area contributed by atoms with Crippen LogP contribution in [0.25, 0.3) is 0 Å². The number of benzene rings is 1. The standard InChI is InChI=1S/C10H11NO4S/c1-15-4-5-16-10-3-2-8(7-12)6-9(10)11(13)14/h2-3,6-7H,4-5H2,1H3. The van der Waals surface area contributed by atoms with Gasteiger partial charge in [0.1, 0.15) is 6.29 Å². The predicted octanol–water partition coefficient (Wildman–Crippen LogP) is 2.15. The van der Waals surface area contributed by atoms with Crippen LogP contribution in [0.4, 0.5) is 5.69 Å². The minimum atomic E-state index is -0.484. The van der Waals surface area contributed by atoms with Crippen molar-refractivity contribution in [3.63, 3.8) is 0 Å². The molecule has 0 heterocycles. The van der Waals surface area contributed by atoms with E-state index in [1.807, 2.05) is 0 Å². The Morgan fingerprint density at radius 3 is 2.88 bits per heavy atom. The Kier molecular flexibility index (Phi) is 4.94. The van der Waals surface area contributed by atoms with E-state index in [1.165, 1.54) is 17.8 Å². The smallest absolute Gasteiger partial charge is 0.283 e. The molecule has 1 aromatic carbocycles. The fourth-order valence-corrected chi connectivity index (χ4v) is 2.02. The summed E-state index contributed by atoms with van der Waals surface area (Å²) in [4.78, 5) is 21.3. The highest BCUT2D eigenvalue weighted by Gasteiger charge is 2.14. The molecular weight excluding hydrogens is 230 g/mol. The maximum absolute atomic E-state index is 10.8. The van der Waals surface area contributed by atoms with Crippen LogP contribution in [0.2, 0.25) is 0 Å². The molecule has 0 unspecified atom stereocenters. The number of rotatable bonds is 6. The average molecular weight is 241 g/mol. The fourth-order valence-electron chi connectivity index (χ4n) is 1.11. The van der Waals surface area contributed by atoms with Gasteiger partial charge in [-0.15, -0.1) is 11.8 Å². The van der Waals surface area contributed by atoms with Crippen molar-refractivity contribution in [2.45, 2.75) is 4.90 Å². The number of thioether (sulfide) groups is 1. The summed E-state index contributed by atoms with van der Waals surface area (Å²) < 4.78 is 4.86. The van der Waals surface area contributed by atoms with Gasteiger partial charge in [0, 0.05) is 24.5 Å². The van der Waals surface area contributed by atoms with E-state index >= 15 is 0 Å². The second-order valence-corrected chi connectivity index (χ2v) is 4.08. The van der Waals surface area contributed by atoms with E-state index in [-0.39, 0.29) is 5.69 Å². The highest BCUT2D eigenvalue weighted by atomic mass is 32.2. The molecule has 86 valence electrons. The molecule has 1 aromatic rings. The van der Waals surface area contributed by atoms with Crippen molar-refractivity contribution >= 4 is 23.7 Å². The normalized spacial score (nSPS) is 10.1. The molecule has 0 aliphatic carbocycles. The highest BCUT2D eigenvalue weighted by molar-refractivity contribution is 7.99. The minimum absolute atomic E-state index is 0.0364. The van der Waals surface area contributed by atoms with Crippen LogP contribution < -0.4 is 0 Å². The van der Waals surface area contributed by atoms with Gasteiger partial charge in [-0.1, -0.05) is 6.07 Å². The second-order valence-electron chi connectivity index (χ2n) is 2.94. The van der Waals surface area contributed by atoms with Crippen molar-refractivity contribution < 1.29 is 14.5 Å². The lowest BCUT2D eigenvalue weighted by atomic mass is 10.2. The number of hydrogen-bond acceptors (Lipinski definition) is 5. The van der Waals surface area contributed by atoms with Gasteiger partial charge in [-0.05, 0) is 6.07 Å². The molecule has 16 heavy (non-hydrogen) atoms. The van der Waals surface area contributed by atoms with E-state index in [2.05, 4.69) is 0 Å². The number of nitro benzene ring substituents is 1. The predicted molar refractivity (Wildman–Crippen MR) is 61.1 cm³/mol. The van der Waals surface area contributed by atoms with E-state index < -0.39 is 4.92 Å².